The third-order valence-electron chi connectivity index (χ3n) is 3.20. The Morgan fingerprint density at radius 1 is 0.960 bits per heavy atom. The van der Waals surface area contributed by atoms with E-state index in [1.807, 2.05) is 0 Å². The highest BCUT2D eigenvalue weighted by Crippen LogP contribution is 2.10. The molecule has 2 rings (SSSR count). The van der Waals surface area contributed by atoms with Crippen molar-refractivity contribution in [1.82, 2.24) is 5.32 Å². The Morgan fingerprint density at radius 3 is 2.16 bits per heavy atom. The minimum absolute atomic E-state index is 0.240. The molecule has 2 amide bonds. The van der Waals surface area contributed by atoms with E-state index < -0.39 is 23.6 Å². The number of anilines is 1. The Balaban J connectivity index is 1.84. The number of rotatable bonds is 6. The minimum atomic E-state index is -0.479. The fourth-order valence-corrected chi connectivity index (χ4v) is 1.97. The van der Waals surface area contributed by atoms with Crippen molar-refractivity contribution in [3.8, 4) is 0 Å². The Kier molecular flexibility index (Phi) is 6.22. The van der Waals surface area contributed by atoms with Crippen molar-refractivity contribution in [1.29, 1.82) is 0 Å². The van der Waals surface area contributed by atoms with Gasteiger partial charge in [-0.05, 0) is 55.5 Å². The summed E-state index contributed by atoms with van der Waals surface area (Å²) in [6.45, 7) is 1.76. The van der Waals surface area contributed by atoms with E-state index in [4.69, 9.17) is 4.74 Å². The molecule has 2 aromatic rings. The van der Waals surface area contributed by atoms with Gasteiger partial charge in [-0.2, -0.15) is 0 Å². The van der Waals surface area contributed by atoms with E-state index in [1.165, 1.54) is 36.4 Å². The molecule has 0 atom stereocenters. The highest BCUT2D eigenvalue weighted by atomic mass is 19.1. The Hall–Kier alpha value is -3.22. The summed E-state index contributed by atoms with van der Waals surface area (Å²) in [4.78, 5) is 35.2. The van der Waals surface area contributed by atoms with E-state index in [9.17, 15) is 18.8 Å². The molecule has 130 valence electrons. The fraction of sp³-hybridized carbons (Fsp3) is 0.167. The van der Waals surface area contributed by atoms with Crippen LogP contribution in [0.15, 0.2) is 48.5 Å². The van der Waals surface area contributed by atoms with E-state index in [0.29, 0.717) is 11.3 Å². The van der Waals surface area contributed by atoms with Crippen molar-refractivity contribution in [2.24, 2.45) is 0 Å². The van der Waals surface area contributed by atoms with Gasteiger partial charge in [0.15, 0.2) is 0 Å². The Bertz CT molecular complexity index is 758. The normalized spacial score (nSPS) is 10.0. The van der Waals surface area contributed by atoms with Gasteiger partial charge in [-0.15, -0.1) is 0 Å². The van der Waals surface area contributed by atoms with Gasteiger partial charge in [-0.1, -0.05) is 0 Å². The summed E-state index contributed by atoms with van der Waals surface area (Å²) in [5.74, 6) is -1.79. The SMILES string of the molecule is CCOC(=O)c1ccc(NC(=O)CNC(=O)c2ccc(F)cc2)cc1. The van der Waals surface area contributed by atoms with Gasteiger partial charge in [-0.25, -0.2) is 9.18 Å². The predicted molar refractivity (Wildman–Crippen MR) is 89.8 cm³/mol. The third-order valence-corrected chi connectivity index (χ3v) is 3.20. The van der Waals surface area contributed by atoms with Crippen molar-refractivity contribution < 1.29 is 23.5 Å². The van der Waals surface area contributed by atoms with Crippen LogP contribution in [0.3, 0.4) is 0 Å². The van der Waals surface area contributed by atoms with Gasteiger partial charge in [0.05, 0.1) is 18.7 Å². The summed E-state index contributed by atoms with van der Waals surface area (Å²) in [5, 5.41) is 5.03. The predicted octanol–water partition coefficient (Wildman–Crippen LogP) is 2.37. The van der Waals surface area contributed by atoms with Crippen molar-refractivity contribution in [2.75, 3.05) is 18.5 Å². The maximum Gasteiger partial charge on any atom is 0.338 e. The van der Waals surface area contributed by atoms with E-state index in [1.54, 1.807) is 19.1 Å². The molecule has 0 saturated heterocycles. The number of esters is 1. The van der Waals surface area contributed by atoms with Crippen LogP contribution in [0.2, 0.25) is 0 Å². The summed E-state index contributed by atoms with van der Waals surface area (Å²) in [6.07, 6.45) is 0. The molecule has 25 heavy (non-hydrogen) atoms. The van der Waals surface area contributed by atoms with Gasteiger partial charge in [0.2, 0.25) is 5.91 Å². The lowest BCUT2D eigenvalue weighted by Crippen LogP contribution is -2.32. The van der Waals surface area contributed by atoms with Crippen molar-refractivity contribution in [2.45, 2.75) is 6.92 Å². The zero-order valence-corrected chi connectivity index (χ0v) is 13.5. The average molecular weight is 344 g/mol. The molecule has 2 aromatic carbocycles. The molecule has 2 N–H and O–H groups in total. The van der Waals surface area contributed by atoms with Gasteiger partial charge < -0.3 is 15.4 Å². The second kappa shape index (κ2) is 8.58. The van der Waals surface area contributed by atoms with Crippen LogP contribution < -0.4 is 10.6 Å². The van der Waals surface area contributed by atoms with E-state index in [2.05, 4.69) is 10.6 Å². The standard InChI is InChI=1S/C18H17FN2O4/c1-2-25-18(24)13-5-9-15(10-6-13)21-16(22)11-20-17(23)12-3-7-14(19)8-4-12/h3-10H,2,11H2,1H3,(H,20,23)(H,21,22). The zero-order valence-electron chi connectivity index (χ0n) is 13.5. The Morgan fingerprint density at radius 2 is 1.56 bits per heavy atom. The largest absolute Gasteiger partial charge is 0.462 e. The van der Waals surface area contributed by atoms with Gasteiger partial charge in [-0.3, -0.25) is 9.59 Å². The summed E-state index contributed by atoms with van der Waals surface area (Å²) >= 11 is 0. The van der Waals surface area contributed by atoms with Gasteiger partial charge in [0.25, 0.3) is 5.91 Å². The van der Waals surface area contributed by atoms with Gasteiger partial charge in [0, 0.05) is 11.3 Å². The van der Waals surface area contributed by atoms with Gasteiger partial charge in [0.1, 0.15) is 5.82 Å². The molecule has 0 saturated carbocycles. The van der Waals surface area contributed by atoms with Crippen LogP contribution in [0.5, 0.6) is 0 Å². The van der Waals surface area contributed by atoms with Crippen molar-refractivity contribution >= 4 is 23.5 Å². The highest BCUT2D eigenvalue weighted by molar-refractivity contribution is 5.99. The monoisotopic (exact) mass is 344 g/mol. The molecule has 0 fully saturated rings. The molecule has 0 aliphatic heterocycles. The number of nitrogens with one attached hydrogen (secondary N) is 2. The number of benzene rings is 2. The lowest BCUT2D eigenvalue weighted by atomic mass is 10.2. The number of hydrogen-bond donors (Lipinski definition) is 2. The lowest BCUT2D eigenvalue weighted by molar-refractivity contribution is -0.115. The van der Waals surface area contributed by atoms with Gasteiger partial charge >= 0.3 is 5.97 Å². The topological polar surface area (TPSA) is 84.5 Å². The molecule has 0 unspecified atom stereocenters. The van der Waals surface area contributed by atoms with Crippen LogP contribution in [0.4, 0.5) is 10.1 Å². The number of carbonyl (C=O) groups excluding carboxylic acids is 3. The molecule has 0 heterocycles. The average Bonchev–Trinajstić information content (AvgIpc) is 2.61. The number of halogens is 1. The van der Waals surface area contributed by atoms with Crippen LogP contribution in [-0.2, 0) is 9.53 Å². The van der Waals surface area contributed by atoms with Crippen molar-refractivity contribution in [3.63, 3.8) is 0 Å². The number of hydrogen-bond acceptors (Lipinski definition) is 4. The molecular weight excluding hydrogens is 327 g/mol. The molecule has 6 nitrogen and oxygen atoms in total. The van der Waals surface area contributed by atoms with E-state index in [-0.39, 0.29) is 18.7 Å². The maximum absolute atomic E-state index is 12.8. The lowest BCUT2D eigenvalue weighted by Gasteiger charge is -2.08. The van der Waals surface area contributed by atoms with Crippen LogP contribution >= 0.6 is 0 Å². The second-order valence-electron chi connectivity index (χ2n) is 5.04. The number of amides is 2. The zero-order chi connectivity index (χ0) is 18.2. The third kappa shape index (κ3) is 5.42. The van der Waals surface area contributed by atoms with Crippen molar-refractivity contribution in [3.05, 3.63) is 65.5 Å². The van der Waals surface area contributed by atoms with E-state index in [0.717, 1.165) is 0 Å². The molecule has 0 bridgehead atoms. The first kappa shape index (κ1) is 18.1. The molecular formula is C18H17FN2O4. The van der Waals surface area contributed by atoms with E-state index >= 15 is 0 Å². The molecule has 7 heteroatoms. The van der Waals surface area contributed by atoms with Crippen LogP contribution in [0.1, 0.15) is 27.6 Å². The quantitative estimate of drug-likeness (QED) is 0.788. The summed E-state index contributed by atoms with van der Waals surface area (Å²) in [5.41, 5.74) is 1.12. The number of carbonyl (C=O) groups is 3. The van der Waals surface area contributed by atoms with Crippen LogP contribution in [-0.4, -0.2) is 30.9 Å². The summed E-state index contributed by atoms with van der Waals surface area (Å²) in [6, 6.07) is 11.2. The first-order valence-electron chi connectivity index (χ1n) is 7.60. The maximum atomic E-state index is 12.8. The summed E-state index contributed by atoms with van der Waals surface area (Å²) in [7, 11) is 0. The summed E-state index contributed by atoms with van der Waals surface area (Å²) < 4.78 is 17.7. The molecule has 0 aliphatic carbocycles. The fourth-order valence-electron chi connectivity index (χ4n) is 1.97. The highest BCUT2D eigenvalue weighted by Gasteiger charge is 2.09. The van der Waals surface area contributed by atoms with Crippen LogP contribution in [0, 0.1) is 5.82 Å². The molecule has 0 radical (unpaired) electrons. The smallest absolute Gasteiger partial charge is 0.338 e. The molecule has 0 spiro atoms. The first-order valence-corrected chi connectivity index (χ1v) is 7.60. The molecule has 0 aliphatic rings. The van der Waals surface area contributed by atoms with Crippen LogP contribution in [0.25, 0.3) is 0 Å². The minimum Gasteiger partial charge on any atom is -0.462 e. The Labute approximate surface area is 144 Å². The molecule has 0 aromatic heterocycles. The number of ether oxygens (including phenoxy) is 1. The first-order chi connectivity index (χ1) is 12.0. The second-order valence-corrected chi connectivity index (χ2v) is 5.04.